The van der Waals surface area contributed by atoms with Gasteiger partial charge in [0.1, 0.15) is 36.5 Å². The molecule has 8 nitrogen and oxygen atoms in total. The molecule has 2 aromatic carbocycles. The van der Waals surface area contributed by atoms with Crippen LogP contribution in [0.4, 0.5) is 0 Å². The van der Waals surface area contributed by atoms with Gasteiger partial charge in [-0.1, -0.05) is 66.6 Å². The van der Waals surface area contributed by atoms with Gasteiger partial charge >= 0.3 is 5.97 Å². The van der Waals surface area contributed by atoms with E-state index in [4.69, 9.17) is 9.47 Å². The Labute approximate surface area is 282 Å². The second-order valence-electron chi connectivity index (χ2n) is 14.9. The molecule has 3 aromatic rings. The number of fused-ring (bicyclic) bond motifs is 5. The molecule has 0 unspecified atom stereocenters. The third kappa shape index (κ3) is 6.29. The first-order valence-corrected chi connectivity index (χ1v) is 17.4. The van der Waals surface area contributed by atoms with E-state index in [1.165, 1.54) is 15.8 Å². The SMILES string of the molecule is Cc1ccc(/C=C/C(=O)c2ccc(OCc3cn(CC(=O)O[C@H]4CC[C@@]5(C)C(=CC[C@@H]6[C@@H]5CC[C@]5(C)C(=O)CC[C@@H]65)C4)nn3)cc2)cc1. The molecule has 8 heteroatoms. The number of esters is 1. The number of hydrogen-bond donors (Lipinski definition) is 0. The van der Waals surface area contributed by atoms with E-state index in [9.17, 15) is 14.4 Å². The molecule has 4 aliphatic rings. The number of hydrogen-bond acceptors (Lipinski definition) is 7. The lowest BCUT2D eigenvalue weighted by molar-refractivity contribution is -0.152. The smallest absolute Gasteiger partial charge is 0.328 e. The topological polar surface area (TPSA) is 100 Å². The standard InChI is InChI=1S/C40H45N3O5/c1-26-4-6-27(7-5-26)8-16-36(44)28-9-12-31(13-10-28)47-25-30-23-43(42-41-30)24-38(46)48-32-18-20-39(2)29(22-32)11-14-33-34-15-17-37(45)40(34,3)21-19-35(33)39/h4-13,16,23,32-35H,14-15,17-22,24-25H2,1-3H3/b16-8+/t32-,33-,34-,35-,39-,40-/m0/s1. The Morgan fingerprint density at radius 2 is 1.73 bits per heavy atom. The first kappa shape index (κ1) is 32.2. The number of ether oxygens (including phenoxy) is 2. The van der Waals surface area contributed by atoms with Crippen molar-refractivity contribution in [1.29, 1.82) is 0 Å². The number of benzene rings is 2. The van der Waals surface area contributed by atoms with Crippen LogP contribution in [0.2, 0.25) is 0 Å². The van der Waals surface area contributed by atoms with Gasteiger partial charge in [-0.3, -0.25) is 14.4 Å². The number of carbonyl (C=O) groups excluding carboxylic acids is 3. The van der Waals surface area contributed by atoms with Crippen molar-refractivity contribution in [2.45, 2.75) is 91.4 Å². The zero-order valence-electron chi connectivity index (χ0n) is 28.2. The van der Waals surface area contributed by atoms with Crippen LogP contribution in [0.15, 0.2) is 72.5 Å². The summed E-state index contributed by atoms with van der Waals surface area (Å²) in [6.07, 6.45) is 15.0. The Hall–Kier alpha value is -4.33. The molecular formula is C40H45N3O5. The van der Waals surface area contributed by atoms with Gasteiger partial charge in [0.05, 0.1) is 6.20 Å². The van der Waals surface area contributed by atoms with Crippen LogP contribution in [-0.4, -0.2) is 38.6 Å². The quantitative estimate of drug-likeness (QED) is 0.103. The number of aromatic nitrogens is 3. The molecule has 7 rings (SSSR count). The summed E-state index contributed by atoms with van der Waals surface area (Å²) in [5, 5.41) is 8.26. The van der Waals surface area contributed by atoms with Crippen LogP contribution < -0.4 is 4.74 Å². The summed E-state index contributed by atoms with van der Waals surface area (Å²) in [7, 11) is 0. The number of nitrogens with zero attached hydrogens (tertiary/aromatic N) is 3. The van der Waals surface area contributed by atoms with Gasteiger partial charge in [-0.2, -0.15) is 0 Å². The van der Waals surface area contributed by atoms with E-state index in [0.29, 0.717) is 40.5 Å². The van der Waals surface area contributed by atoms with Gasteiger partial charge in [-0.25, -0.2) is 4.68 Å². The highest BCUT2D eigenvalue weighted by Crippen LogP contribution is 2.64. The van der Waals surface area contributed by atoms with Crippen molar-refractivity contribution >= 4 is 23.6 Å². The van der Waals surface area contributed by atoms with Crippen LogP contribution in [0, 0.1) is 35.5 Å². The number of Topliss-reactive ketones (excluding diaryl/α,β-unsaturated/α-hetero) is 1. The first-order chi connectivity index (χ1) is 23.1. The summed E-state index contributed by atoms with van der Waals surface area (Å²) in [6, 6.07) is 15.0. The largest absolute Gasteiger partial charge is 0.487 e. The van der Waals surface area contributed by atoms with Crippen LogP contribution in [0.1, 0.15) is 92.4 Å². The van der Waals surface area contributed by atoms with E-state index in [2.05, 4.69) is 30.2 Å². The minimum Gasteiger partial charge on any atom is -0.487 e. The lowest BCUT2D eigenvalue weighted by Crippen LogP contribution is -2.50. The molecule has 1 heterocycles. The zero-order chi connectivity index (χ0) is 33.5. The summed E-state index contributed by atoms with van der Waals surface area (Å²) in [6.45, 7) is 6.85. The summed E-state index contributed by atoms with van der Waals surface area (Å²) in [4.78, 5) is 38.2. The molecule has 6 atom stereocenters. The normalized spacial score (nSPS) is 29.5. The molecule has 3 fully saturated rings. The Bertz CT molecular complexity index is 1760. The van der Waals surface area contributed by atoms with Gasteiger partial charge in [0.2, 0.25) is 0 Å². The average molecular weight is 648 g/mol. The van der Waals surface area contributed by atoms with E-state index < -0.39 is 0 Å². The Morgan fingerprint density at radius 1 is 0.979 bits per heavy atom. The van der Waals surface area contributed by atoms with Gasteiger partial charge < -0.3 is 9.47 Å². The molecule has 250 valence electrons. The van der Waals surface area contributed by atoms with E-state index in [-0.39, 0.29) is 41.8 Å². The maximum atomic E-state index is 12.9. The number of rotatable bonds is 9. The number of ketones is 2. The van der Waals surface area contributed by atoms with Gasteiger partial charge in [-0.05, 0) is 105 Å². The molecule has 0 spiro atoms. The van der Waals surface area contributed by atoms with Gasteiger partial charge in [0.25, 0.3) is 0 Å². The minimum absolute atomic E-state index is 0.00821. The second-order valence-corrected chi connectivity index (χ2v) is 14.9. The van der Waals surface area contributed by atoms with E-state index >= 15 is 0 Å². The Balaban J connectivity index is 0.880. The fraction of sp³-hybridized carbons (Fsp3) is 0.475. The molecule has 4 aliphatic carbocycles. The molecule has 0 N–H and O–H groups in total. The molecule has 0 bridgehead atoms. The fourth-order valence-corrected chi connectivity index (χ4v) is 9.15. The highest BCUT2D eigenvalue weighted by atomic mass is 16.5. The summed E-state index contributed by atoms with van der Waals surface area (Å²) >= 11 is 0. The van der Waals surface area contributed by atoms with Crippen LogP contribution in [0.5, 0.6) is 5.75 Å². The predicted octanol–water partition coefficient (Wildman–Crippen LogP) is 7.51. The monoisotopic (exact) mass is 647 g/mol. The Kier molecular flexibility index (Phi) is 8.69. The van der Waals surface area contributed by atoms with Crippen molar-refractivity contribution in [1.82, 2.24) is 15.0 Å². The molecule has 0 amide bonds. The third-order valence-corrected chi connectivity index (χ3v) is 12.0. The van der Waals surface area contributed by atoms with Crippen molar-refractivity contribution in [2.24, 2.45) is 28.6 Å². The second kappa shape index (κ2) is 12.9. The van der Waals surface area contributed by atoms with Crippen molar-refractivity contribution < 1.29 is 23.9 Å². The molecular weight excluding hydrogens is 602 g/mol. The highest BCUT2D eigenvalue weighted by molar-refractivity contribution is 6.06. The molecule has 0 radical (unpaired) electrons. The number of carbonyl (C=O) groups is 3. The lowest BCUT2D eigenvalue weighted by atomic mass is 9.48. The first-order valence-electron chi connectivity index (χ1n) is 17.4. The van der Waals surface area contributed by atoms with Gasteiger partial charge in [0.15, 0.2) is 5.78 Å². The van der Waals surface area contributed by atoms with Crippen molar-refractivity contribution in [3.63, 3.8) is 0 Å². The van der Waals surface area contributed by atoms with Crippen molar-refractivity contribution in [3.05, 3.63) is 94.8 Å². The maximum Gasteiger partial charge on any atom is 0.328 e. The number of aryl methyl sites for hydroxylation is 1. The van der Waals surface area contributed by atoms with Crippen molar-refractivity contribution in [2.75, 3.05) is 0 Å². The summed E-state index contributed by atoms with van der Waals surface area (Å²) < 4.78 is 13.3. The molecule has 0 aliphatic heterocycles. The molecule has 0 saturated heterocycles. The van der Waals surface area contributed by atoms with E-state index in [0.717, 1.165) is 56.9 Å². The summed E-state index contributed by atoms with van der Waals surface area (Å²) in [5.74, 6) is 2.41. The average Bonchev–Trinajstić information content (AvgIpc) is 3.66. The summed E-state index contributed by atoms with van der Waals surface area (Å²) in [5.41, 5.74) is 4.77. The van der Waals surface area contributed by atoms with Crippen LogP contribution in [0.3, 0.4) is 0 Å². The zero-order valence-corrected chi connectivity index (χ0v) is 28.2. The molecule has 48 heavy (non-hydrogen) atoms. The fourth-order valence-electron chi connectivity index (χ4n) is 9.15. The van der Waals surface area contributed by atoms with Crippen LogP contribution in [0.25, 0.3) is 6.08 Å². The van der Waals surface area contributed by atoms with E-state index in [1.807, 2.05) is 37.3 Å². The molecule has 3 saturated carbocycles. The molecule has 1 aromatic heterocycles. The Morgan fingerprint density at radius 3 is 2.52 bits per heavy atom. The minimum atomic E-state index is -0.315. The van der Waals surface area contributed by atoms with Crippen LogP contribution >= 0.6 is 0 Å². The van der Waals surface area contributed by atoms with Crippen LogP contribution in [-0.2, 0) is 27.5 Å². The van der Waals surface area contributed by atoms with Gasteiger partial charge in [-0.15, -0.1) is 5.10 Å². The van der Waals surface area contributed by atoms with Gasteiger partial charge in [0, 0.05) is 23.8 Å². The van der Waals surface area contributed by atoms with E-state index in [1.54, 1.807) is 36.5 Å². The lowest BCUT2D eigenvalue weighted by Gasteiger charge is -2.56. The maximum absolute atomic E-state index is 12.9. The number of allylic oxidation sites excluding steroid dienone is 2. The third-order valence-electron chi connectivity index (χ3n) is 12.0. The van der Waals surface area contributed by atoms with Crippen molar-refractivity contribution in [3.8, 4) is 5.75 Å². The predicted molar refractivity (Wildman–Crippen MR) is 182 cm³/mol. The highest BCUT2D eigenvalue weighted by Gasteiger charge is 2.58.